The van der Waals surface area contributed by atoms with Gasteiger partial charge in [0, 0.05) is 50.2 Å². The maximum absolute atomic E-state index is 13.4. The number of anilines is 3. The molecule has 0 spiro atoms. The SMILES string of the molecule is CC(=O)Nc1ccc(NC(=O)C(C)OC(=O)c2cc(S(=O)(=O)N3CCN(c4ccccc4)CC3)ccc2Cl)cc1. The lowest BCUT2D eigenvalue weighted by molar-refractivity contribution is -0.123. The molecule has 3 aromatic rings. The summed E-state index contributed by atoms with van der Waals surface area (Å²) in [5.74, 6) is -1.75. The van der Waals surface area contributed by atoms with Crippen molar-refractivity contribution in [2.24, 2.45) is 0 Å². The van der Waals surface area contributed by atoms with Crippen molar-refractivity contribution in [3.8, 4) is 0 Å². The molecule has 1 unspecified atom stereocenters. The summed E-state index contributed by atoms with van der Waals surface area (Å²) in [6, 6.07) is 20.0. The van der Waals surface area contributed by atoms with Crippen molar-refractivity contribution in [1.82, 2.24) is 4.31 Å². The normalized spacial score (nSPS) is 14.7. The fraction of sp³-hybridized carbons (Fsp3) is 0.250. The van der Waals surface area contributed by atoms with Crippen LogP contribution in [0.2, 0.25) is 5.02 Å². The van der Waals surface area contributed by atoms with E-state index in [2.05, 4.69) is 15.5 Å². The molecule has 40 heavy (non-hydrogen) atoms. The van der Waals surface area contributed by atoms with Crippen LogP contribution in [0, 0.1) is 0 Å². The summed E-state index contributed by atoms with van der Waals surface area (Å²) < 4.78 is 33.4. The van der Waals surface area contributed by atoms with E-state index in [1.807, 2.05) is 30.3 Å². The lowest BCUT2D eigenvalue weighted by atomic mass is 10.2. The Morgan fingerprint density at radius 2 is 1.48 bits per heavy atom. The van der Waals surface area contributed by atoms with E-state index in [9.17, 15) is 22.8 Å². The van der Waals surface area contributed by atoms with Gasteiger partial charge in [0.15, 0.2) is 6.10 Å². The van der Waals surface area contributed by atoms with E-state index < -0.39 is 28.0 Å². The Kier molecular flexibility index (Phi) is 9.08. The number of esters is 1. The molecular formula is C28H29ClN4O6S. The van der Waals surface area contributed by atoms with Crippen LogP contribution in [0.1, 0.15) is 24.2 Å². The minimum atomic E-state index is -3.90. The smallest absolute Gasteiger partial charge is 0.340 e. The van der Waals surface area contributed by atoms with Gasteiger partial charge in [-0.15, -0.1) is 0 Å². The van der Waals surface area contributed by atoms with E-state index in [1.54, 1.807) is 24.3 Å². The molecule has 0 bridgehead atoms. The topological polar surface area (TPSA) is 125 Å². The van der Waals surface area contributed by atoms with Gasteiger partial charge in [-0.25, -0.2) is 13.2 Å². The first kappa shape index (κ1) is 29.1. The van der Waals surface area contributed by atoms with Crippen LogP contribution in [0.5, 0.6) is 0 Å². The van der Waals surface area contributed by atoms with Crippen LogP contribution < -0.4 is 15.5 Å². The van der Waals surface area contributed by atoms with Crippen LogP contribution in [0.15, 0.2) is 77.7 Å². The molecule has 1 aliphatic heterocycles. The molecule has 2 N–H and O–H groups in total. The Hall–Kier alpha value is -3.93. The highest BCUT2D eigenvalue weighted by Crippen LogP contribution is 2.26. The molecule has 1 atom stereocenters. The number of halogens is 1. The number of sulfonamides is 1. The number of nitrogens with zero attached hydrogens (tertiary/aromatic N) is 2. The number of para-hydroxylation sites is 1. The van der Waals surface area contributed by atoms with Crippen molar-refractivity contribution in [2.75, 3.05) is 41.7 Å². The van der Waals surface area contributed by atoms with Gasteiger partial charge in [-0.2, -0.15) is 4.31 Å². The Bertz CT molecular complexity index is 1490. The highest BCUT2D eigenvalue weighted by molar-refractivity contribution is 7.89. The van der Waals surface area contributed by atoms with Gasteiger partial charge in [-0.05, 0) is 61.5 Å². The second kappa shape index (κ2) is 12.5. The second-order valence-corrected chi connectivity index (χ2v) is 11.5. The summed E-state index contributed by atoms with van der Waals surface area (Å²) in [5.41, 5.74) is 1.86. The van der Waals surface area contributed by atoms with E-state index in [0.717, 1.165) is 5.69 Å². The van der Waals surface area contributed by atoms with Crippen LogP contribution in [0.3, 0.4) is 0 Å². The van der Waals surface area contributed by atoms with Crippen molar-refractivity contribution in [3.63, 3.8) is 0 Å². The number of amides is 2. The monoisotopic (exact) mass is 584 g/mol. The number of rotatable bonds is 8. The number of benzene rings is 3. The minimum absolute atomic E-state index is 0.000912. The third kappa shape index (κ3) is 6.98. The predicted molar refractivity (Wildman–Crippen MR) is 153 cm³/mol. The lowest BCUT2D eigenvalue weighted by Gasteiger charge is -2.35. The Morgan fingerprint density at radius 3 is 2.08 bits per heavy atom. The highest BCUT2D eigenvalue weighted by Gasteiger charge is 2.30. The molecule has 0 aliphatic carbocycles. The number of carbonyl (C=O) groups is 3. The van der Waals surface area contributed by atoms with Gasteiger partial charge in [-0.1, -0.05) is 29.8 Å². The summed E-state index contributed by atoms with van der Waals surface area (Å²) in [6.45, 7) is 4.38. The number of hydrogen-bond acceptors (Lipinski definition) is 7. The lowest BCUT2D eigenvalue weighted by Crippen LogP contribution is -2.48. The Morgan fingerprint density at radius 1 is 0.875 bits per heavy atom. The van der Waals surface area contributed by atoms with E-state index in [1.165, 1.54) is 36.4 Å². The molecule has 210 valence electrons. The molecule has 1 aliphatic rings. The summed E-state index contributed by atoms with van der Waals surface area (Å²) in [5, 5.41) is 5.24. The van der Waals surface area contributed by atoms with Gasteiger partial charge in [0.05, 0.1) is 15.5 Å². The molecule has 12 heteroatoms. The molecule has 1 fully saturated rings. The van der Waals surface area contributed by atoms with Crippen molar-refractivity contribution < 1.29 is 27.5 Å². The fourth-order valence-electron chi connectivity index (χ4n) is 4.16. The van der Waals surface area contributed by atoms with Crippen LogP contribution in [0.4, 0.5) is 17.1 Å². The average Bonchev–Trinajstić information content (AvgIpc) is 2.94. The average molecular weight is 585 g/mol. The van der Waals surface area contributed by atoms with Gasteiger partial charge in [0.2, 0.25) is 15.9 Å². The van der Waals surface area contributed by atoms with E-state index in [0.29, 0.717) is 24.5 Å². The summed E-state index contributed by atoms with van der Waals surface area (Å²) in [4.78, 5) is 38.7. The molecule has 0 radical (unpaired) electrons. The van der Waals surface area contributed by atoms with Crippen molar-refractivity contribution in [2.45, 2.75) is 24.8 Å². The van der Waals surface area contributed by atoms with Gasteiger partial charge in [-0.3, -0.25) is 9.59 Å². The Balaban J connectivity index is 1.39. The molecule has 4 rings (SSSR count). The number of hydrogen-bond donors (Lipinski definition) is 2. The molecule has 0 aromatic heterocycles. The van der Waals surface area contributed by atoms with E-state index >= 15 is 0 Å². The highest BCUT2D eigenvalue weighted by atomic mass is 35.5. The first-order valence-electron chi connectivity index (χ1n) is 12.5. The molecule has 1 heterocycles. The maximum Gasteiger partial charge on any atom is 0.340 e. The quantitative estimate of drug-likeness (QED) is 0.383. The van der Waals surface area contributed by atoms with E-state index in [4.69, 9.17) is 16.3 Å². The van der Waals surface area contributed by atoms with Gasteiger partial charge in [0.1, 0.15) is 0 Å². The summed E-state index contributed by atoms with van der Waals surface area (Å²) in [6.07, 6.45) is -1.20. The minimum Gasteiger partial charge on any atom is -0.449 e. The second-order valence-electron chi connectivity index (χ2n) is 9.16. The van der Waals surface area contributed by atoms with Crippen LogP contribution in [0.25, 0.3) is 0 Å². The third-order valence-electron chi connectivity index (χ3n) is 6.28. The van der Waals surface area contributed by atoms with Crippen molar-refractivity contribution in [1.29, 1.82) is 0 Å². The van der Waals surface area contributed by atoms with Gasteiger partial charge in [0.25, 0.3) is 5.91 Å². The zero-order chi connectivity index (χ0) is 28.9. The maximum atomic E-state index is 13.4. The van der Waals surface area contributed by atoms with E-state index in [-0.39, 0.29) is 34.5 Å². The molecule has 3 aromatic carbocycles. The number of ether oxygens (including phenoxy) is 1. The first-order chi connectivity index (χ1) is 19.0. The number of nitrogens with one attached hydrogen (secondary N) is 2. The number of carbonyl (C=O) groups excluding carboxylic acids is 3. The summed E-state index contributed by atoms with van der Waals surface area (Å²) in [7, 11) is -3.90. The number of piperazine rings is 1. The first-order valence-corrected chi connectivity index (χ1v) is 14.4. The molecule has 2 amide bonds. The molecule has 0 saturated carbocycles. The van der Waals surface area contributed by atoms with Crippen LogP contribution in [-0.4, -0.2) is 62.8 Å². The van der Waals surface area contributed by atoms with Crippen LogP contribution in [-0.2, 0) is 24.3 Å². The molecule has 10 nitrogen and oxygen atoms in total. The predicted octanol–water partition coefficient (Wildman–Crippen LogP) is 3.99. The fourth-order valence-corrected chi connectivity index (χ4v) is 5.80. The third-order valence-corrected chi connectivity index (χ3v) is 8.51. The molecular weight excluding hydrogens is 556 g/mol. The zero-order valence-electron chi connectivity index (χ0n) is 22.0. The Labute approximate surface area is 237 Å². The van der Waals surface area contributed by atoms with Crippen LogP contribution >= 0.6 is 11.6 Å². The van der Waals surface area contributed by atoms with Crippen molar-refractivity contribution in [3.05, 3.63) is 83.4 Å². The molecule has 1 saturated heterocycles. The van der Waals surface area contributed by atoms with Gasteiger partial charge < -0.3 is 20.3 Å². The zero-order valence-corrected chi connectivity index (χ0v) is 23.5. The van der Waals surface area contributed by atoms with Crippen molar-refractivity contribution >= 4 is 56.5 Å². The summed E-state index contributed by atoms with van der Waals surface area (Å²) >= 11 is 6.21. The standard InChI is InChI=1S/C28H29ClN4O6S/c1-19(27(35)31-22-10-8-21(9-11-22)30-20(2)34)39-28(36)25-18-24(12-13-26(25)29)40(37,38)33-16-14-32(15-17-33)23-6-4-3-5-7-23/h3-13,18-19H,14-17H2,1-2H3,(H,30,34)(H,31,35). The largest absolute Gasteiger partial charge is 0.449 e. The van der Waals surface area contributed by atoms with Gasteiger partial charge >= 0.3 is 5.97 Å².